The van der Waals surface area contributed by atoms with Crippen LogP contribution in [-0.2, 0) is 19.1 Å². The molecular formula is C13H22O4. The molecule has 17 heavy (non-hydrogen) atoms. The molecule has 0 aliphatic carbocycles. The third-order valence-electron chi connectivity index (χ3n) is 2.29. The highest BCUT2D eigenvalue weighted by atomic mass is 16.5. The van der Waals surface area contributed by atoms with Crippen molar-refractivity contribution in [2.45, 2.75) is 52.6 Å². The van der Waals surface area contributed by atoms with Gasteiger partial charge in [0, 0.05) is 12.2 Å². The summed E-state index contributed by atoms with van der Waals surface area (Å²) < 4.78 is 9.95. The van der Waals surface area contributed by atoms with Gasteiger partial charge in [0.05, 0.1) is 6.61 Å². The van der Waals surface area contributed by atoms with Crippen molar-refractivity contribution in [3.63, 3.8) is 0 Å². The zero-order valence-electron chi connectivity index (χ0n) is 10.9. The lowest BCUT2D eigenvalue weighted by Gasteiger charge is -2.11. The topological polar surface area (TPSA) is 52.6 Å². The molecule has 0 bridgehead atoms. The molecule has 0 N–H and O–H groups in total. The molecule has 0 amide bonds. The van der Waals surface area contributed by atoms with Gasteiger partial charge in [-0.2, -0.15) is 0 Å². The molecule has 0 spiro atoms. The molecule has 4 heteroatoms. The predicted octanol–water partition coefficient (Wildman–Crippen LogP) is 2.62. The molecule has 0 aromatic carbocycles. The SMILES string of the molecule is CCCCOC(=O)/C=C/C(=O)OC(CC)CC. The molecule has 4 nitrogen and oxygen atoms in total. The monoisotopic (exact) mass is 242 g/mol. The quantitative estimate of drug-likeness (QED) is 0.373. The van der Waals surface area contributed by atoms with Crippen LogP contribution in [0.3, 0.4) is 0 Å². The Morgan fingerprint density at radius 3 is 2.18 bits per heavy atom. The predicted molar refractivity (Wildman–Crippen MR) is 65.5 cm³/mol. The van der Waals surface area contributed by atoms with E-state index in [2.05, 4.69) is 0 Å². The molecule has 0 saturated carbocycles. The fourth-order valence-corrected chi connectivity index (χ4v) is 1.16. The Labute approximate surface area is 103 Å². The highest BCUT2D eigenvalue weighted by molar-refractivity contribution is 5.91. The first-order valence-electron chi connectivity index (χ1n) is 6.19. The smallest absolute Gasteiger partial charge is 0.331 e. The van der Waals surface area contributed by atoms with E-state index in [-0.39, 0.29) is 6.10 Å². The largest absolute Gasteiger partial charge is 0.463 e. The molecule has 0 atom stereocenters. The van der Waals surface area contributed by atoms with E-state index in [1.54, 1.807) is 0 Å². The molecular weight excluding hydrogens is 220 g/mol. The van der Waals surface area contributed by atoms with E-state index in [9.17, 15) is 9.59 Å². The van der Waals surface area contributed by atoms with Crippen molar-refractivity contribution in [1.82, 2.24) is 0 Å². The van der Waals surface area contributed by atoms with Gasteiger partial charge in [0.25, 0.3) is 0 Å². The first kappa shape index (κ1) is 15.7. The third kappa shape index (κ3) is 8.48. The molecule has 0 heterocycles. The Bertz CT molecular complexity index is 254. The molecule has 0 radical (unpaired) electrons. The summed E-state index contributed by atoms with van der Waals surface area (Å²) in [4.78, 5) is 22.4. The van der Waals surface area contributed by atoms with E-state index in [1.165, 1.54) is 0 Å². The molecule has 0 rings (SSSR count). The van der Waals surface area contributed by atoms with Crippen molar-refractivity contribution < 1.29 is 19.1 Å². The average Bonchev–Trinajstić information content (AvgIpc) is 2.33. The number of rotatable bonds is 8. The second kappa shape index (κ2) is 9.87. The molecule has 0 unspecified atom stereocenters. The van der Waals surface area contributed by atoms with Crippen LogP contribution in [0.15, 0.2) is 12.2 Å². The molecule has 0 fully saturated rings. The van der Waals surface area contributed by atoms with Gasteiger partial charge in [-0.3, -0.25) is 0 Å². The number of esters is 2. The van der Waals surface area contributed by atoms with Gasteiger partial charge < -0.3 is 9.47 Å². The van der Waals surface area contributed by atoms with Gasteiger partial charge in [-0.1, -0.05) is 27.2 Å². The molecule has 0 aromatic rings. The van der Waals surface area contributed by atoms with Crippen molar-refractivity contribution in [1.29, 1.82) is 0 Å². The van der Waals surface area contributed by atoms with E-state index < -0.39 is 11.9 Å². The summed E-state index contributed by atoms with van der Waals surface area (Å²) in [5.41, 5.74) is 0. The van der Waals surface area contributed by atoms with Crippen molar-refractivity contribution in [3.05, 3.63) is 12.2 Å². The van der Waals surface area contributed by atoms with Gasteiger partial charge in [-0.15, -0.1) is 0 Å². The van der Waals surface area contributed by atoms with E-state index in [1.807, 2.05) is 20.8 Å². The number of ether oxygens (including phenoxy) is 2. The Morgan fingerprint density at radius 1 is 1.06 bits per heavy atom. The van der Waals surface area contributed by atoms with Crippen LogP contribution in [0.5, 0.6) is 0 Å². The maximum atomic E-state index is 11.3. The highest BCUT2D eigenvalue weighted by Crippen LogP contribution is 2.03. The van der Waals surface area contributed by atoms with Crippen LogP contribution in [-0.4, -0.2) is 24.6 Å². The van der Waals surface area contributed by atoms with Gasteiger partial charge in [-0.25, -0.2) is 9.59 Å². The van der Waals surface area contributed by atoms with Crippen molar-refractivity contribution in [3.8, 4) is 0 Å². The average molecular weight is 242 g/mol. The molecule has 0 aromatic heterocycles. The molecule has 0 aliphatic heterocycles. The van der Waals surface area contributed by atoms with E-state index in [4.69, 9.17) is 9.47 Å². The van der Waals surface area contributed by atoms with Gasteiger partial charge in [-0.05, 0) is 19.3 Å². The summed E-state index contributed by atoms with van der Waals surface area (Å²) in [7, 11) is 0. The fourth-order valence-electron chi connectivity index (χ4n) is 1.16. The van der Waals surface area contributed by atoms with Crippen LogP contribution in [0.2, 0.25) is 0 Å². The van der Waals surface area contributed by atoms with E-state index in [0.29, 0.717) is 6.61 Å². The number of carbonyl (C=O) groups is 2. The number of hydrogen-bond donors (Lipinski definition) is 0. The normalized spacial score (nSPS) is 10.8. The Kier molecular flexibility index (Phi) is 9.11. The summed E-state index contributed by atoms with van der Waals surface area (Å²) in [5, 5.41) is 0. The first-order valence-corrected chi connectivity index (χ1v) is 6.19. The van der Waals surface area contributed by atoms with Crippen LogP contribution >= 0.6 is 0 Å². The zero-order valence-corrected chi connectivity index (χ0v) is 10.9. The summed E-state index contributed by atoms with van der Waals surface area (Å²) in [6.07, 6.45) is 5.50. The number of carbonyl (C=O) groups excluding carboxylic acids is 2. The van der Waals surface area contributed by atoms with Crippen LogP contribution in [0, 0.1) is 0 Å². The van der Waals surface area contributed by atoms with E-state index in [0.717, 1.165) is 37.8 Å². The van der Waals surface area contributed by atoms with Gasteiger partial charge in [0.1, 0.15) is 6.10 Å². The van der Waals surface area contributed by atoms with E-state index >= 15 is 0 Å². The minimum Gasteiger partial charge on any atom is -0.463 e. The molecule has 98 valence electrons. The second-order valence-electron chi connectivity index (χ2n) is 3.73. The van der Waals surface area contributed by atoms with Crippen LogP contribution in [0.25, 0.3) is 0 Å². The van der Waals surface area contributed by atoms with Crippen molar-refractivity contribution in [2.75, 3.05) is 6.61 Å². The lowest BCUT2D eigenvalue weighted by molar-refractivity contribution is -0.144. The minimum absolute atomic E-state index is 0.0803. The first-order chi connectivity index (χ1) is 8.13. The summed E-state index contributed by atoms with van der Waals surface area (Å²) in [6.45, 7) is 6.30. The second-order valence-corrected chi connectivity index (χ2v) is 3.73. The van der Waals surface area contributed by atoms with Crippen LogP contribution < -0.4 is 0 Å². The zero-order chi connectivity index (χ0) is 13.1. The van der Waals surface area contributed by atoms with Gasteiger partial charge in [0.15, 0.2) is 0 Å². The minimum atomic E-state index is -0.500. The van der Waals surface area contributed by atoms with Gasteiger partial charge >= 0.3 is 11.9 Å². The maximum Gasteiger partial charge on any atom is 0.331 e. The molecule has 0 saturated heterocycles. The number of hydrogen-bond acceptors (Lipinski definition) is 4. The van der Waals surface area contributed by atoms with Gasteiger partial charge in [0.2, 0.25) is 0 Å². The summed E-state index contributed by atoms with van der Waals surface area (Å²) >= 11 is 0. The Balaban J connectivity index is 3.89. The number of unbranched alkanes of at least 4 members (excludes halogenated alkanes) is 1. The third-order valence-corrected chi connectivity index (χ3v) is 2.29. The van der Waals surface area contributed by atoms with Crippen molar-refractivity contribution in [2.24, 2.45) is 0 Å². The standard InChI is InChI=1S/C13H22O4/c1-4-7-10-16-12(14)8-9-13(15)17-11(5-2)6-3/h8-9,11H,4-7,10H2,1-3H3/b9-8+. The Hall–Kier alpha value is -1.32. The van der Waals surface area contributed by atoms with Crippen LogP contribution in [0.1, 0.15) is 46.5 Å². The van der Waals surface area contributed by atoms with Crippen molar-refractivity contribution >= 4 is 11.9 Å². The lowest BCUT2D eigenvalue weighted by Crippen LogP contribution is -2.15. The fraction of sp³-hybridized carbons (Fsp3) is 0.692. The Morgan fingerprint density at radius 2 is 1.65 bits per heavy atom. The summed E-state index contributed by atoms with van der Waals surface area (Å²) in [6, 6.07) is 0. The highest BCUT2D eigenvalue weighted by Gasteiger charge is 2.08. The maximum absolute atomic E-state index is 11.3. The van der Waals surface area contributed by atoms with Crippen LogP contribution in [0.4, 0.5) is 0 Å². The molecule has 0 aliphatic rings. The lowest BCUT2D eigenvalue weighted by atomic mass is 10.2. The summed E-state index contributed by atoms with van der Waals surface area (Å²) in [5.74, 6) is -0.994.